The third-order valence-electron chi connectivity index (χ3n) is 5.71. The van der Waals surface area contributed by atoms with Crippen LogP contribution in [0.5, 0.6) is 17.2 Å². The Hall–Kier alpha value is -4.11. The molecule has 0 spiro atoms. The fraction of sp³-hybridized carbons (Fsp3) is 0.207. The van der Waals surface area contributed by atoms with Gasteiger partial charge in [0.2, 0.25) is 0 Å². The Bertz CT molecular complexity index is 1420. The zero-order chi connectivity index (χ0) is 27.2. The van der Waals surface area contributed by atoms with Gasteiger partial charge < -0.3 is 19.5 Å². The fourth-order valence-corrected chi connectivity index (χ4v) is 4.43. The molecule has 38 heavy (non-hydrogen) atoms. The molecule has 0 radical (unpaired) electrons. The maximum atomic E-state index is 13.2. The van der Waals surface area contributed by atoms with Crippen molar-refractivity contribution in [3.05, 3.63) is 81.8 Å². The van der Waals surface area contributed by atoms with Gasteiger partial charge in [0, 0.05) is 0 Å². The molecule has 0 fully saturated rings. The first-order valence-corrected chi connectivity index (χ1v) is 12.8. The van der Waals surface area contributed by atoms with Gasteiger partial charge in [-0.25, -0.2) is 0 Å². The van der Waals surface area contributed by atoms with E-state index in [2.05, 4.69) is 26.3 Å². The van der Waals surface area contributed by atoms with Crippen molar-refractivity contribution in [1.82, 2.24) is 0 Å². The second kappa shape index (κ2) is 12.0. The number of hydrogen-bond donors (Lipinski definition) is 1. The zero-order valence-corrected chi connectivity index (χ0v) is 23.2. The second-order valence-electron chi connectivity index (χ2n) is 8.50. The van der Waals surface area contributed by atoms with E-state index in [1.54, 1.807) is 43.3 Å². The molecule has 3 aromatic carbocycles. The Labute approximate surface area is 230 Å². The number of carbonyl (C=O) groups excluding carboxylic acids is 2. The average molecular weight is 578 g/mol. The number of benzene rings is 3. The lowest BCUT2D eigenvalue weighted by Crippen LogP contribution is -2.21. The second-order valence-corrected chi connectivity index (χ2v) is 9.35. The number of nitrogens with zero attached hydrogens (tertiary/aromatic N) is 2. The molecule has 196 valence electrons. The quantitative estimate of drug-likeness (QED) is 0.315. The van der Waals surface area contributed by atoms with Gasteiger partial charge >= 0.3 is 0 Å². The number of rotatable bonds is 9. The lowest BCUT2D eigenvalue weighted by molar-refractivity contribution is -0.118. The molecule has 1 N–H and O–H groups in total. The summed E-state index contributed by atoms with van der Waals surface area (Å²) in [6, 6.07) is 18.3. The van der Waals surface area contributed by atoms with E-state index in [1.807, 2.05) is 44.2 Å². The van der Waals surface area contributed by atoms with E-state index >= 15 is 0 Å². The maximum Gasteiger partial charge on any atom is 0.280 e. The SMILES string of the molecule is CCOc1cc(/C=C2/C(=O)N(c3ccc(C)cc3)N=C2C)cc(Br)c1OCC(=O)Nc1ccccc1OC. The number of para-hydroxylation sites is 2. The van der Waals surface area contributed by atoms with Gasteiger partial charge in [-0.1, -0.05) is 29.8 Å². The number of hydrazone groups is 1. The van der Waals surface area contributed by atoms with E-state index in [4.69, 9.17) is 14.2 Å². The molecule has 1 aliphatic rings. The highest BCUT2D eigenvalue weighted by Gasteiger charge is 2.29. The summed E-state index contributed by atoms with van der Waals surface area (Å²) in [7, 11) is 1.54. The van der Waals surface area contributed by atoms with Crippen LogP contribution in [0.2, 0.25) is 0 Å². The summed E-state index contributed by atoms with van der Waals surface area (Å²) in [5.74, 6) is 0.807. The van der Waals surface area contributed by atoms with Crippen molar-refractivity contribution >= 4 is 50.9 Å². The van der Waals surface area contributed by atoms with Crippen molar-refractivity contribution in [2.45, 2.75) is 20.8 Å². The van der Waals surface area contributed by atoms with Crippen molar-refractivity contribution < 1.29 is 23.8 Å². The monoisotopic (exact) mass is 577 g/mol. The van der Waals surface area contributed by atoms with E-state index in [1.165, 1.54) is 12.1 Å². The van der Waals surface area contributed by atoms with Gasteiger partial charge in [-0.15, -0.1) is 0 Å². The van der Waals surface area contributed by atoms with Crippen LogP contribution in [0, 0.1) is 6.92 Å². The molecule has 8 nitrogen and oxygen atoms in total. The molecule has 0 aromatic heterocycles. The zero-order valence-electron chi connectivity index (χ0n) is 21.6. The number of ether oxygens (including phenoxy) is 3. The first kappa shape index (κ1) is 26.9. The summed E-state index contributed by atoms with van der Waals surface area (Å²) in [6.45, 7) is 5.79. The first-order valence-electron chi connectivity index (χ1n) is 12.0. The molecule has 4 rings (SSSR count). The Balaban J connectivity index is 1.53. The van der Waals surface area contributed by atoms with Crippen molar-refractivity contribution in [1.29, 1.82) is 0 Å². The van der Waals surface area contributed by atoms with Crippen molar-refractivity contribution in [3.63, 3.8) is 0 Å². The van der Waals surface area contributed by atoms with Gasteiger partial charge in [-0.3, -0.25) is 9.59 Å². The molecule has 0 unspecified atom stereocenters. The Morgan fingerprint density at radius 3 is 2.50 bits per heavy atom. The average Bonchev–Trinajstić information content (AvgIpc) is 3.17. The van der Waals surface area contributed by atoms with Crippen LogP contribution < -0.4 is 24.5 Å². The summed E-state index contributed by atoms with van der Waals surface area (Å²) in [4.78, 5) is 25.7. The third kappa shape index (κ3) is 6.06. The number of methoxy groups -OCH3 is 1. The van der Waals surface area contributed by atoms with Crippen LogP contribution >= 0.6 is 15.9 Å². The molecule has 9 heteroatoms. The number of hydrogen-bond acceptors (Lipinski definition) is 6. The van der Waals surface area contributed by atoms with E-state index in [9.17, 15) is 9.59 Å². The predicted octanol–water partition coefficient (Wildman–Crippen LogP) is 5.99. The topological polar surface area (TPSA) is 89.5 Å². The fourth-order valence-electron chi connectivity index (χ4n) is 3.86. The number of amides is 2. The molecule has 1 heterocycles. The van der Waals surface area contributed by atoms with Gasteiger partial charge in [0.1, 0.15) is 5.75 Å². The minimum atomic E-state index is -0.352. The minimum absolute atomic E-state index is 0.214. The van der Waals surface area contributed by atoms with Gasteiger partial charge in [-0.05, 0) is 84.7 Å². The Morgan fingerprint density at radius 1 is 1.05 bits per heavy atom. The molecule has 0 bridgehead atoms. The Morgan fingerprint density at radius 2 is 1.79 bits per heavy atom. The lowest BCUT2D eigenvalue weighted by atomic mass is 10.1. The van der Waals surface area contributed by atoms with Gasteiger partial charge in [0.25, 0.3) is 11.8 Å². The van der Waals surface area contributed by atoms with Crippen LogP contribution in [-0.4, -0.2) is 37.8 Å². The predicted molar refractivity (Wildman–Crippen MR) is 152 cm³/mol. The molecule has 0 aliphatic carbocycles. The molecule has 3 aromatic rings. The Kier molecular flexibility index (Phi) is 8.48. The number of anilines is 2. The standard InChI is InChI=1S/C29H28BrN3O5/c1-5-37-26-16-20(14-22-19(3)32-33(29(22)35)21-12-10-18(2)11-13-21)15-23(30)28(26)38-17-27(34)31-24-8-6-7-9-25(24)36-4/h6-16H,5,17H2,1-4H3,(H,31,34)/b22-14+. The smallest absolute Gasteiger partial charge is 0.280 e. The minimum Gasteiger partial charge on any atom is -0.495 e. The summed E-state index contributed by atoms with van der Waals surface area (Å²) in [5, 5.41) is 8.63. The van der Waals surface area contributed by atoms with Crippen molar-refractivity contribution in [2.24, 2.45) is 5.10 Å². The largest absolute Gasteiger partial charge is 0.495 e. The van der Waals surface area contributed by atoms with E-state index in [0.29, 0.717) is 51.0 Å². The highest BCUT2D eigenvalue weighted by atomic mass is 79.9. The van der Waals surface area contributed by atoms with E-state index in [0.717, 1.165) is 11.1 Å². The third-order valence-corrected chi connectivity index (χ3v) is 6.30. The lowest BCUT2D eigenvalue weighted by Gasteiger charge is -2.15. The highest BCUT2D eigenvalue weighted by Crippen LogP contribution is 2.38. The molecular formula is C29H28BrN3O5. The molecule has 0 atom stereocenters. The van der Waals surface area contributed by atoms with E-state index < -0.39 is 0 Å². The van der Waals surface area contributed by atoms with E-state index in [-0.39, 0.29) is 18.4 Å². The number of aryl methyl sites for hydroxylation is 1. The van der Waals surface area contributed by atoms with Crippen molar-refractivity contribution in [3.8, 4) is 17.2 Å². The normalized spacial score (nSPS) is 13.9. The van der Waals surface area contributed by atoms with Crippen LogP contribution in [0.3, 0.4) is 0 Å². The molecule has 0 saturated heterocycles. The molecule has 0 saturated carbocycles. The van der Waals surface area contributed by atoms with Crippen LogP contribution in [0.15, 0.2) is 75.8 Å². The van der Waals surface area contributed by atoms with Crippen LogP contribution in [-0.2, 0) is 9.59 Å². The summed E-state index contributed by atoms with van der Waals surface area (Å²) in [5.41, 5.74) is 4.16. The summed E-state index contributed by atoms with van der Waals surface area (Å²) >= 11 is 3.53. The summed E-state index contributed by atoms with van der Waals surface area (Å²) in [6.07, 6.45) is 1.76. The van der Waals surface area contributed by atoms with Gasteiger partial charge in [0.05, 0.1) is 40.8 Å². The van der Waals surface area contributed by atoms with Crippen LogP contribution in [0.4, 0.5) is 11.4 Å². The van der Waals surface area contributed by atoms with Gasteiger partial charge in [0.15, 0.2) is 18.1 Å². The van der Waals surface area contributed by atoms with Crippen molar-refractivity contribution in [2.75, 3.05) is 30.6 Å². The number of nitrogens with one attached hydrogen (secondary N) is 1. The molecular weight excluding hydrogens is 550 g/mol. The molecule has 1 aliphatic heterocycles. The van der Waals surface area contributed by atoms with Gasteiger partial charge in [-0.2, -0.15) is 10.1 Å². The van der Waals surface area contributed by atoms with Crippen LogP contribution in [0.1, 0.15) is 25.0 Å². The number of halogens is 1. The first-order chi connectivity index (χ1) is 18.3. The summed E-state index contributed by atoms with van der Waals surface area (Å²) < 4.78 is 17.5. The maximum absolute atomic E-state index is 13.2. The number of carbonyl (C=O) groups is 2. The molecule has 2 amide bonds. The highest BCUT2D eigenvalue weighted by molar-refractivity contribution is 9.10. The van der Waals surface area contributed by atoms with Crippen LogP contribution in [0.25, 0.3) is 6.08 Å².